The third kappa shape index (κ3) is 3.51. The molecule has 98 valence electrons. The van der Waals surface area contributed by atoms with Gasteiger partial charge in [0.05, 0.1) is 18.3 Å². The van der Waals surface area contributed by atoms with Crippen molar-refractivity contribution in [1.29, 1.82) is 0 Å². The van der Waals surface area contributed by atoms with Gasteiger partial charge in [-0.15, -0.1) is 0 Å². The second-order valence-corrected chi connectivity index (χ2v) is 4.95. The number of benzene rings is 1. The molecule has 1 atom stereocenters. The fourth-order valence-corrected chi connectivity index (χ4v) is 2.06. The van der Waals surface area contributed by atoms with Gasteiger partial charge in [0.2, 0.25) is 0 Å². The zero-order valence-electron chi connectivity index (χ0n) is 9.71. The minimum Gasteiger partial charge on any atom is -0.374 e. The summed E-state index contributed by atoms with van der Waals surface area (Å²) in [5, 5.41) is 5.83. The predicted molar refractivity (Wildman–Crippen MR) is 69.0 cm³/mol. The standard InChI is InChI=1S/C12H14BrFN2O2/c13-8-1-2-10(11(14)5-8)12(17)16-7-9-6-15-3-4-18-9/h1-2,5,9,15H,3-4,6-7H2,(H,16,17). The number of carbonyl (C=O) groups is 1. The summed E-state index contributed by atoms with van der Waals surface area (Å²) in [7, 11) is 0. The van der Waals surface area contributed by atoms with Gasteiger partial charge in [-0.3, -0.25) is 4.79 Å². The maximum Gasteiger partial charge on any atom is 0.254 e. The highest BCUT2D eigenvalue weighted by Crippen LogP contribution is 2.15. The first-order chi connectivity index (χ1) is 8.66. The van der Waals surface area contributed by atoms with Crippen LogP contribution in [0.15, 0.2) is 22.7 Å². The van der Waals surface area contributed by atoms with Gasteiger partial charge >= 0.3 is 0 Å². The molecule has 1 aliphatic rings. The van der Waals surface area contributed by atoms with Crippen LogP contribution in [-0.4, -0.2) is 38.3 Å². The lowest BCUT2D eigenvalue weighted by Gasteiger charge is -2.23. The van der Waals surface area contributed by atoms with Gasteiger partial charge < -0.3 is 15.4 Å². The number of carbonyl (C=O) groups excluding carboxylic acids is 1. The molecular weight excluding hydrogens is 303 g/mol. The van der Waals surface area contributed by atoms with E-state index in [0.29, 0.717) is 24.2 Å². The van der Waals surface area contributed by atoms with Gasteiger partial charge in [0.1, 0.15) is 5.82 Å². The van der Waals surface area contributed by atoms with Crippen LogP contribution in [0.2, 0.25) is 0 Å². The quantitative estimate of drug-likeness (QED) is 0.884. The summed E-state index contributed by atoms with van der Waals surface area (Å²) in [5.41, 5.74) is 0.0435. The van der Waals surface area contributed by atoms with Crippen molar-refractivity contribution in [1.82, 2.24) is 10.6 Å². The topological polar surface area (TPSA) is 50.4 Å². The SMILES string of the molecule is O=C(NCC1CNCCO1)c1ccc(Br)cc1F. The Labute approximate surface area is 113 Å². The van der Waals surface area contributed by atoms with E-state index in [4.69, 9.17) is 4.74 Å². The number of rotatable bonds is 3. The first-order valence-electron chi connectivity index (χ1n) is 5.72. The molecule has 2 rings (SSSR count). The Morgan fingerprint density at radius 3 is 3.11 bits per heavy atom. The smallest absolute Gasteiger partial charge is 0.254 e. The second-order valence-electron chi connectivity index (χ2n) is 4.03. The maximum absolute atomic E-state index is 13.5. The molecule has 18 heavy (non-hydrogen) atoms. The van der Waals surface area contributed by atoms with Crippen LogP contribution < -0.4 is 10.6 Å². The van der Waals surface area contributed by atoms with Gasteiger partial charge in [-0.2, -0.15) is 0 Å². The van der Waals surface area contributed by atoms with Crippen LogP contribution in [0.1, 0.15) is 10.4 Å². The number of morpholine rings is 1. The first-order valence-corrected chi connectivity index (χ1v) is 6.51. The van der Waals surface area contributed by atoms with Gasteiger partial charge in [-0.25, -0.2) is 4.39 Å². The van der Waals surface area contributed by atoms with Crippen LogP contribution in [-0.2, 0) is 4.74 Å². The molecule has 6 heteroatoms. The molecule has 0 bridgehead atoms. The Morgan fingerprint density at radius 2 is 2.44 bits per heavy atom. The summed E-state index contributed by atoms with van der Waals surface area (Å²) in [4.78, 5) is 11.8. The molecule has 1 aliphatic heterocycles. The Kier molecular flexibility index (Phi) is 4.68. The molecule has 1 unspecified atom stereocenters. The summed E-state index contributed by atoms with van der Waals surface area (Å²) in [5.74, 6) is -0.960. The van der Waals surface area contributed by atoms with Crippen LogP contribution in [0.25, 0.3) is 0 Å². The number of hydrogen-bond acceptors (Lipinski definition) is 3. The molecule has 1 heterocycles. The molecule has 0 aliphatic carbocycles. The van der Waals surface area contributed by atoms with E-state index in [0.717, 1.165) is 6.54 Å². The van der Waals surface area contributed by atoms with Crippen molar-refractivity contribution in [2.45, 2.75) is 6.10 Å². The number of ether oxygens (including phenoxy) is 1. The van der Waals surface area contributed by atoms with Crippen molar-refractivity contribution in [3.63, 3.8) is 0 Å². The number of halogens is 2. The summed E-state index contributed by atoms with van der Waals surface area (Å²) in [6.45, 7) is 2.53. The Morgan fingerprint density at radius 1 is 1.61 bits per heavy atom. The highest BCUT2D eigenvalue weighted by atomic mass is 79.9. The molecule has 1 amide bonds. The van der Waals surface area contributed by atoms with Crippen LogP contribution in [0.5, 0.6) is 0 Å². The van der Waals surface area contributed by atoms with Crippen molar-refractivity contribution in [3.8, 4) is 0 Å². The molecular formula is C12H14BrFN2O2. The molecule has 1 aromatic carbocycles. The average molecular weight is 317 g/mol. The van der Waals surface area contributed by atoms with Gasteiger partial charge in [0.25, 0.3) is 5.91 Å². The van der Waals surface area contributed by atoms with E-state index < -0.39 is 11.7 Å². The molecule has 2 N–H and O–H groups in total. The van der Waals surface area contributed by atoms with Crippen LogP contribution in [0.4, 0.5) is 4.39 Å². The van der Waals surface area contributed by atoms with Crippen molar-refractivity contribution in [3.05, 3.63) is 34.1 Å². The highest BCUT2D eigenvalue weighted by Gasteiger charge is 2.16. The molecule has 0 aromatic heterocycles. The Hall–Kier alpha value is -0.980. The minimum absolute atomic E-state index is 0.0435. The second kappa shape index (κ2) is 6.26. The highest BCUT2D eigenvalue weighted by molar-refractivity contribution is 9.10. The lowest BCUT2D eigenvalue weighted by molar-refractivity contribution is 0.0287. The van der Waals surface area contributed by atoms with E-state index in [2.05, 4.69) is 26.6 Å². The number of nitrogens with one attached hydrogen (secondary N) is 2. The fraction of sp³-hybridized carbons (Fsp3) is 0.417. The first kappa shape index (κ1) is 13.5. The van der Waals surface area contributed by atoms with Crippen LogP contribution >= 0.6 is 15.9 Å². The van der Waals surface area contributed by atoms with Crippen molar-refractivity contribution in [2.24, 2.45) is 0 Å². The molecule has 0 radical (unpaired) electrons. The lowest BCUT2D eigenvalue weighted by Crippen LogP contribution is -2.45. The molecule has 4 nitrogen and oxygen atoms in total. The fourth-order valence-electron chi connectivity index (χ4n) is 1.73. The predicted octanol–water partition coefficient (Wildman–Crippen LogP) is 1.31. The summed E-state index contributed by atoms with van der Waals surface area (Å²) < 4.78 is 19.6. The zero-order chi connectivity index (χ0) is 13.0. The van der Waals surface area contributed by atoms with E-state index in [1.165, 1.54) is 12.1 Å². The van der Waals surface area contributed by atoms with E-state index >= 15 is 0 Å². The normalized spacial score (nSPS) is 19.6. The third-order valence-electron chi connectivity index (χ3n) is 2.67. The van der Waals surface area contributed by atoms with Gasteiger partial charge in [-0.05, 0) is 18.2 Å². The van der Waals surface area contributed by atoms with Crippen molar-refractivity contribution in [2.75, 3.05) is 26.2 Å². The zero-order valence-corrected chi connectivity index (χ0v) is 11.3. The summed E-state index contributed by atoms with van der Waals surface area (Å²) in [6, 6.07) is 4.36. The van der Waals surface area contributed by atoms with E-state index in [-0.39, 0.29) is 11.7 Å². The van der Waals surface area contributed by atoms with Crippen LogP contribution in [0, 0.1) is 5.82 Å². The van der Waals surface area contributed by atoms with Crippen molar-refractivity contribution < 1.29 is 13.9 Å². The van der Waals surface area contributed by atoms with E-state index in [1.807, 2.05) is 0 Å². The summed E-state index contributed by atoms with van der Waals surface area (Å²) in [6.07, 6.45) is -0.0544. The number of hydrogen-bond donors (Lipinski definition) is 2. The summed E-state index contributed by atoms with van der Waals surface area (Å²) >= 11 is 3.15. The lowest BCUT2D eigenvalue weighted by atomic mass is 10.2. The van der Waals surface area contributed by atoms with E-state index in [9.17, 15) is 9.18 Å². The molecule has 1 fully saturated rings. The third-order valence-corrected chi connectivity index (χ3v) is 3.16. The monoisotopic (exact) mass is 316 g/mol. The van der Waals surface area contributed by atoms with Gasteiger partial charge in [-0.1, -0.05) is 15.9 Å². The minimum atomic E-state index is -0.537. The average Bonchev–Trinajstić information content (AvgIpc) is 2.37. The molecule has 0 saturated carbocycles. The van der Waals surface area contributed by atoms with Crippen LogP contribution in [0.3, 0.4) is 0 Å². The Balaban J connectivity index is 1.90. The van der Waals surface area contributed by atoms with Gasteiger partial charge in [0.15, 0.2) is 0 Å². The number of amides is 1. The van der Waals surface area contributed by atoms with Gasteiger partial charge in [0, 0.05) is 24.1 Å². The molecule has 1 saturated heterocycles. The molecule has 0 spiro atoms. The van der Waals surface area contributed by atoms with E-state index in [1.54, 1.807) is 6.07 Å². The molecule has 1 aromatic rings. The maximum atomic E-state index is 13.5. The largest absolute Gasteiger partial charge is 0.374 e. The Bertz CT molecular complexity index is 436. The van der Waals surface area contributed by atoms with Crippen molar-refractivity contribution >= 4 is 21.8 Å².